The first-order valence-electron chi connectivity index (χ1n) is 7.05. The van der Waals surface area contributed by atoms with E-state index in [1.54, 1.807) is 7.11 Å². The molecule has 0 amide bonds. The van der Waals surface area contributed by atoms with E-state index in [9.17, 15) is 0 Å². The van der Waals surface area contributed by atoms with Crippen LogP contribution in [0.15, 0.2) is 48.5 Å². The minimum absolute atomic E-state index is 0.887. The summed E-state index contributed by atoms with van der Waals surface area (Å²) in [4.78, 5) is 0. The van der Waals surface area contributed by atoms with E-state index in [1.807, 2.05) is 23.5 Å². The van der Waals surface area contributed by atoms with Crippen LogP contribution in [0.1, 0.15) is 17.5 Å². The van der Waals surface area contributed by atoms with Crippen molar-refractivity contribution in [1.82, 2.24) is 0 Å². The smallest absolute Gasteiger partial charge is 0.262 e. The third-order valence-corrected chi connectivity index (χ3v) is 4.62. The monoisotopic (exact) mass is 296 g/mol. The molecule has 1 aromatic heterocycles. The molecule has 0 unspecified atom stereocenters. The quantitative estimate of drug-likeness (QED) is 0.651. The Kier molecular flexibility index (Phi) is 4.02. The molecule has 0 bridgehead atoms. The molecule has 2 aromatic carbocycles. The average Bonchev–Trinajstić information content (AvgIpc) is 2.91. The summed E-state index contributed by atoms with van der Waals surface area (Å²) in [5.41, 5.74) is 2.48. The summed E-state index contributed by atoms with van der Waals surface area (Å²) >= 11 is 1.83. The molecular formula is C18H18NOS+. The van der Waals surface area contributed by atoms with Gasteiger partial charge in [0.25, 0.3) is 5.01 Å². The van der Waals surface area contributed by atoms with Crippen molar-refractivity contribution in [2.45, 2.75) is 13.5 Å². The molecule has 0 aliphatic rings. The Morgan fingerprint density at radius 2 is 1.81 bits per heavy atom. The highest BCUT2D eigenvalue weighted by Crippen LogP contribution is 2.22. The average molecular weight is 296 g/mol. The largest absolute Gasteiger partial charge is 0.497 e. The van der Waals surface area contributed by atoms with E-state index in [0.29, 0.717) is 0 Å². The van der Waals surface area contributed by atoms with Crippen LogP contribution in [0.4, 0.5) is 0 Å². The maximum atomic E-state index is 5.18. The highest BCUT2D eigenvalue weighted by atomic mass is 32.1. The second-order valence-electron chi connectivity index (χ2n) is 4.76. The lowest BCUT2D eigenvalue weighted by atomic mass is 10.2. The van der Waals surface area contributed by atoms with Crippen molar-refractivity contribution in [1.29, 1.82) is 0 Å². The number of benzene rings is 2. The van der Waals surface area contributed by atoms with Crippen LogP contribution in [0.25, 0.3) is 22.4 Å². The predicted molar refractivity (Wildman–Crippen MR) is 89.6 cm³/mol. The molecule has 2 nitrogen and oxygen atoms in total. The molecule has 0 spiro atoms. The van der Waals surface area contributed by atoms with Gasteiger partial charge in [-0.05, 0) is 36.8 Å². The van der Waals surface area contributed by atoms with Gasteiger partial charge in [0.15, 0.2) is 0 Å². The molecule has 3 heteroatoms. The number of para-hydroxylation sites is 1. The maximum absolute atomic E-state index is 5.18. The van der Waals surface area contributed by atoms with Crippen LogP contribution in [-0.2, 0) is 6.54 Å². The Morgan fingerprint density at radius 3 is 2.52 bits per heavy atom. The van der Waals surface area contributed by atoms with Crippen molar-refractivity contribution in [2.75, 3.05) is 7.11 Å². The molecule has 0 fully saturated rings. The number of nitrogens with zero attached hydrogens (tertiary/aromatic N) is 1. The van der Waals surface area contributed by atoms with Crippen molar-refractivity contribution in [3.63, 3.8) is 0 Å². The normalized spacial score (nSPS) is 11.3. The zero-order chi connectivity index (χ0) is 14.7. The lowest BCUT2D eigenvalue weighted by molar-refractivity contribution is -0.665. The van der Waals surface area contributed by atoms with Gasteiger partial charge in [-0.25, -0.2) is 0 Å². The summed E-state index contributed by atoms with van der Waals surface area (Å²) < 4.78 is 8.86. The molecule has 3 aromatic rings. The summed E-state index contributed by atoms with van der Waals surface area (Å²) in [5.74, 6) is 0.887. The van der Waals surface area contributed by atoms with Crippen LogP contribution in [0.5, 0.6) is 5.75 Å². The van der Waals surface area contributed by atoms with Crippen molar-refractivity contribution in [2.24, 2.45) is 0 Å². The van der Waals surface area contributed by atoms with E-state index in [0.717, 1.165) is 12.3 Å². The second-order valence-corrected chi connectivity index (χ2v) is 5.82. The first-order valence-corrected chi connectivity index (χ1v) is 7.87. The van der Waals surface area contributed by atoms with Gasteiger partial charge in [0, 0.05) is 12.1 Å². The molecule has 0 saturated carbocycles. The molecule has 21 heavy (non-hydrogen) atoms. The van der Waals surface area contributed by atoms with E-state index in [-0.39, 0.29) is 0 Å². The topological polar surface area (TPSA) is 13.1 Å². The lowest BCUT2D eigenvalue weighted by Crippen LogP contribution is -2.33. The van der Waals surface area contributed by atoms with Gasteiger partial charge in [-0.3, -0.25) is 0 Å². The Hall–Kier alpha value is -2.13. The first-order chi connectivity index (χ1) is 10.3. The molecule has 106 valence electrons. The number of fused-ring (bicyclic) bond motifs is 1. The Morgan fingerprint density at radius 1 is 1.05 bits per heavy atom. The summed E-state index contributed by atoms with van der Waals surface area (Å²) in [7, 11) is 1.69. The number of hydrogen-bond acceptors (Lipinski definition) is 2. The van der Waals surface area contributed by atoms with Gasteiger partial charge in [-0.2, -0.15) is 4.57 Å². The zero-order valence-corrected chi connectivity index (χ0v) is 13.1. The van der Waals surface area contributed by atoms with E-state index in [4.69, 9.17) is 4.74 Å². The van der Waals surface area contributed by atoms with Crippen LogP contribution < -0.4 is 9.30 Å². The van der Waals surface area contributed by atoms with Crippen molar-refractivity contribution in [3.05, 3.63) is 59.1 Å². The lowest BCUT2D eigenvalue weighted by Gasteiger charge is -1.98. The van der Waals surface area contributed by atoms with Gasteiger partial charge in [0.1, 0.15) is 17.0 Å². The summed E-state index contributed by atoms with van der Waals surface area (Å²) in [6, 6.07) is 16.7. The summed E-state index contributed by atoms with van der Waals surface area (Å²) in [6.45, 7) is 3.16. The fraction of sp³-hybridized carbons (Fsp3) is 0.167. The predicted octanol–water partition coefficient (Wildman–Crippen LogP) is 4.39. The molecule has 0 N–H and O–H groups in total. The fourth-order valence-corrected chi connectivity index (χ4v) is 3.51. The zero-order valence-electron chi connectivity index (χ0n) is 12.2. The van der Waals surface area contributed by atoms with Gasteiger partial charge in [-0.1, -0.05) is 35.6 Å². The first kappa shape index (κ1) is 13.8. The highest BCUT2D eigenvalue weighted by Gasteiger charge is 2.15. The number of hydrogen-bond donors (Lipinski definition) is 0. The number of ether oxygens (including phenoxy) is 1. The molecular weight excluding hydrogens is 278 g/mol. The molecule has 1 heterocycles. The van der Waals surface area contributed by atoms with E-state index in [1.165, 1.54) is 20.8 Å². The van der Waals surface area contributed by atoms with Crippen molar-refractivity contribution in [3.8, 4) is 5.75 Å². The Balaban J connectivity index is 1.94. The molecule has 0 radical (unpaired) electrons. The van der Waals surface area contributed by atoms with Gasteiger partial charge >= 0.3 is 0 Å². The standard InChI is InChI=1S/C18H18NOS/c1-3-19-16-6-4-5-7-17(16)21-18(19)13-10-14-8-11-15(20-2)12-9-14/h4-13H,3H2,1-2H3/q+1/b13-10+. The van der Waals surface area contributed by atoms with Gasteiger partial charge in [0.2, 0.25) is 5.52 Å². The number of aryl methyl sites for hydroxylation is 1. The number of rotatable bonds is 4. The number of aromatic nitrogens is 1. The summed E-state index contributed by atoms with van der Waals surface area (Å²) in [5, 5.41) is 1.27. The van der Waals surface area contributed by atoms with Crippen LogP contribution in [0.2, 0.25) is 0 Å². The van der Waals surface area contributed by atoms with Gasteiger partial charge < -0.3 is 4.74 Å². The maximum Gasteiger partial charge on any atom is 0.262 e. The third-order valence-electron chi connectivity index (χ3n) is 3.49. The molecule has 0 aliphatic heterocycles. The Bertz CT molecular complexity index is 772. The Labute approximate surface area is 128 Å². The van der Waals surface area contributed by atoms with Crippen LogP contribution in [0.3, 0.4) is 0 Å². The summed E-state index contributed by atoms with van der Waals surface area (Å²) in [6.07, 6.45) is 4.34. The van der Waals surface area contributed by atoms with Gasteiger partial charge in [-0.15, -0.1) is 0 Å². The second kappa shape index (κ2) is 6.10. The third kappa shape index (κ3) is 2.83. The van der Waals surface area contributed by atoms with E-state index < -0.39 is 0 Å². The van der Waals surface area contributed by atoms with E-state index in [2.05, 4.69) is 60.0 Å². The molecule has 0 atom stereocenters. The van der Waals surface area contributed by atoms with Crippen molar-refractivity contribution < 1.29 is 9.30 Å². The number of methoxy groups -OCH3 is 1. The SMILES string of the molecule is CC[n+]1c(/C=C/c2ccc(OC)cc2)sc2ccccc21. The highest BCUT2D eigenvalue weighted by molar-refractivity contribution is 7.18. The number of thiazole rings is 1. The molecule has 0 saturated heterocycles. The van der Waals surface area contributed by atoms with Crippen molar-refractivity contribution >= 4 is 33.7 Å². The van der Waals surface area contributed by atoms with Gasteiger partial charge in [0.05, 0.1) is 7.11 Å². The minimum Gasteiger partial charge on any atom is -0.497 e. The molecule has 3 rings (SSSR count). The van der Waals surface area contributed by atoms with Crippen LogP contribution in [-0.4, -0.2) is 7.11 Å². The van der Waals surface area contributed by atoms with Crippen LogP contribution in [0, 0.1) is 0 Å². The van der Waals surface area contributed by atoms with E-state index >= 15 is 0 Å². The molecule has 0 aliphatic carbocycles. The minimum atomic E-state index is 0.887. The fourth-order valence-electron chi connectivity index (χ4n) is 2.39. The van der Waals surface area contributed by atoms with Crippen LogP contribution >= 0.6 is 11.3 Å².